The number of thiazole rings is 1. The minimum Gasteiger partial charge on any atom is -0.477 e. The molecule has 0 unspecified atom stereocenters. The van der Waals surface area contributed by atoms with Crippen molar-refractivity contribution in [3.63, 3.8) is 0 Å². The molecule has 1 aromatic carbocycles. The molecule has 0 amide bonds. The standard InChI is InChI=1S/C12H9F3N2O2S.ClH/c13-12(14,15)9-8(11(18)19)20-10(17-9)7-4-2-1-3-6(7)5-16;/h1-4H,5,16H2,(H,18,19);1H. The summed E-state index contributed by atoms with van der Waals surface area (Å²) in [5.74, 6) is -1.65. The second-order valence-corrected chi connectivity index (χ2v) is 4.86. The third-order valence-corrected chi connectivity index (χ3v) is 3.63. The normalized spacial score (nSPS) is 11.0. The summed E-state index contributed by atoms with van der Waals surface area (Å²) in [5.41, 5.74) is 5.16. The molecule has 0 spiro atoms. The number of carboxylic acid groups (broad SMARTS) is 1. The van der Waals surface area contributed by atoms with Crippen LogP contribution < -0.4 is 5.73 Å². The molecule has 9 heteroatoms. The minimum absolute atomic E-state index is 0. The highest BCUT2D eigenvalue weighted by Gasteiger charge is 2.39. The zero-order valence-electron chi connectivity index (χ0n) is 10.3. The first-order chi connectivity index (χ1) is 9.34. The van der Waals surface area contributed by atoms with Gasteiger partial charge in [-0.05, 0) is 5.56 Å². The predicted octanol–water partition coefficient (Wildman–Crippen LogP) is 3.41. The number of aromatic nitrogens is 1. The van der Waals surface area contributed by atoms with Crippen molar-refractivity contribution in [1.29, 1.82) is 0 Å². The third kappa shape index (κ3) is 3.52. The van der Waals surface area contributed by atoms with E-state index in [-0.39, 0.29) is 24.0 Å². The van der Waals surface area contributed by atoms with Crippen LogP contribution in [0.5, 0.6) is 0 Å². The van der Waals surface area contributed by atoms with Gasteiger partial charge in [-0.2, -0.15) is 13.2 Å². The molecule has 114 valence electrons. The Hall–Kier alpha value is -1.64. The van der Waals surface area contributed by atoms with E-state index in [4.69, 9.17) is 10.8 Å². The summed E-state index contributed by atoms with van der Waals surface area (Å²) >= 11 is 0.491. The number of alkyl halides is 3. The number of carboxylic acids is 1. The zero-order chi connectivity index (χ0) is 14.9. The van der Waals surface area contributed by atoms with Crippen LogP contribution in [-0.2, 0) is 12.7 Å². The monoisotopic (exact) mass is 338 g/mol. The number of hydrogen-bond donors (Lipinski definition) is 2. The molecule has 1 heterocycles. The molecule has 0 saturated heterocycles. The lowest BCUT2D eigenvalue weighted by Crippen LogP contribution is -2.11. The molecule has 0 aliphatic heterocycles. The molecule has 0 radical (unpaired) electrons. The van der Waals surface area contributed by atoms with Crippen molar-refractivity contribution in [1.82, 2.24) is 4.98 Å². The summed E-state index contributed by atoms with van der Waals surface area (Å²) < 4.78 is 38.3. The number of carbonyl (C=O) groups is 1. The van der Waals surface area contributed by atoms with E-state index < -0.39 is 22.7 Å². The van der Waals surface area contributed by atoms with Gasteiger partial charge in [-0.25, -0.2) is 9.78 Å². The lowest BCUT2D eigenvalue weighted by Gasteiger charge is -2.04. The highest BCUT2D eigenvalue weighted by Crippen LogP contribution is 2.38. The topological polar surface area (TPSA) is 76.2 Å². The molecule has 1 aromatic heterocycles. The highest BCUT2D eigenvalue weighted by molar-refractivity contribution is 7.17. The van der Waals surface area contributed by atoms with E-state index in [0.29, 0.717) is 22.5 Å². The van der Waals surface area contributed by atoms with Gasteiger partial charge in [-0.1, -0.05) is 24.3 Å². The minimum atomic E-state index is -4.81. The Balaban J connectivity index is 0.00000220. The van der Waals surface area contributed by atoms with Crippen molar-refractivity contribution in [3.8, 4) is 10.6 Å². The molecular formula is C12H10ClF3N2O2S. The number of hydrogen-bond acceptors (Lipinski definition) is 4. The van der Waals surface area contributed by atoms with Crippen molar-refractivity contribution in [2.45, 2.75) is 12.7 Å². The van der Waals surface area contributed by atoms with Gasteiger partial charge in [0.15, 0.2) is 5.69 Å². The van der Waals surface area contributed by atoms with Gasteiger partial charge in [0.1, 0.15) is 9.88 Å². The molecule has 0 aliphatic rings. The Morgan fingerprint density at radius 2 is 1.95 bits per heavy atom. The van der Waals surface area contributed by atoms with E-state index in [1.807, 2.05) is 0 Å². The second kappa shape index (κ2) is 6.42. The summed E-state index contributed by atoms with van der Waals surface area (Å²) in [6.45, 7) is 0.125. The Morgan fingerprint density at radius 1 is 1.33 bits per heavy atom. The number of aromatic carboxylic acids is 1. The first kappa shape index (κ1) is 17.4. The van der Waals surface area contributed by atoms with Gasteiger partial charge in [0.05, 0.1) is 0 Å². The quantitative estimate of drug-likeness (QED) is 0.899. The number of nitrogens with two attached hydrogens (primary N) is 1. The zero-order valence-corrected chi connectivity index (χ0v) is 12.0. The van der Waals surface area contributed by atoms with Crippen molar-refractivity contribution >= 4 is 29.7 Å². The van der Waals surface area contributed by atoms with Crippen LogP contribution in [0, 0.1) is 0 Å². The lowest BCUT2D eigenvalue weighted by atomic mass is 10.1. The lowest BCUT2D eigenvalue weighted by molar-refractivity contribution is -0.141. The fourth-order valence-electron chi connectivity index (χ4n) is 1.68. The van der Waals surface area contributed by atoms with E-state index >= 15 is 0 Å². The number of halogens is 4. The molecule has 2 aromatic rings. The average Bonchev–Trinajstić information content (AvgIpc) is 2.83. The molecule has 2 rings (SSSR count). The fraction of sp³-hybridized carbons (Fsp3) is 0.167. The van der Waals surface area contributed by atoms with Crippen LogP contribution in [0.25, 0.3) is 10.6 Å². The van der Waals surface area contributed by atoms with E-state index in [9.17, 15) is 18.0 Å². The van der Waals surface area contributed by atoms with Crippen LogP contribution in [-0.4, -0.2) is 16.1 Å². The van der Waals surface area contributed by atoms with Crippen LogP contribution in [0.15, 0.2) is 24.3 Å². The molecule has 3 N–H and O–H groups in total. The van der Waals surface area contributed by atoms with Crippen LogP contribution in [0.3, 0.4) is 0 Å². The highest BCUT2D eigenvalue weighted by atomic mass is 35.5. The molecule has 0 saturated carbocycles. The van der Waals surface area contributed by atoms with Crippen molar-refractivity contribution in [2.75, 3.05) is 0 Å². The van der Waals surface area contributed by atoms with Crippen molar-refractivity contribution < 1.29 is 23.1 Å². The third-order valence-electron chi connectivity index (χ3n) is 2.56. The summed E-state index contributed by atoms with van der Waals surface area (Å²) in [6, 6.07) is 6.54. The van der Waals surface area contributed by atoms with Crippen LogP contribution >= 0.6 is 23.7 Å². The summed E-state index contributed by atoms with van der Waals surface area (Å²) in [4.78, 5) is 13.5. The maximum Gasteiger partial charge on any atom is 0.435 e. The van der Waals surface area contributed by atoms with E-state index in [1.165, 1.54) is 0 Å². The van der Waals surface area contributed by atoms with Crippen molar-refractivity contribution in [3.05, 3.63) is 40.4 Å². The van der Waals surface area contributed by atoms with Crippen LogP contribution in [0.2, 0.25) is 0 Å². The Bertz CT molecular complexity index is 658. The van der Waals surface area contributed by atoms with Gasteiger partial charge in [0.25, 0.3) is 0 Å². The predicted molar refractivity (Wildman–Crippen MR) is 74.7 cm³/mol. The largest absolute Gasteiger partial charge is 0.477 e. The smallest absolute Gasteiger partial charge is 0.435 e. The van der Waals surface area contributed by atoms with Crippen LogP contribution in [0.4, 0.5) is 13.2 Å². The number of rotatable bonds is 3. The van der Waals surface area contributed by atoms with E-state index in [0.717, 1.165) is 0 Å². The Kier molecular flexibility index (Phi) is 5.32. The summed E-state index contributed by atoms with van der Waals surface area (Å²) in [6.07, 6.45) is -4.81. The molecule has 0 aliphatic carbocycles. The van der Waals surface area contributed by atoms with Gasteiger partial charge in [-0.3, -0.25) is 0 Å². The number of nitrogens with zero attached hydrogens (tertiary/aromatic N) is 1. The molecule has 0 fully saturated rings. The van der Waals surface area contributed by atoms with Gasteiger partial charge >= 0.3 is 12.1 Å². The van der Waals surface area contributed by atoms with E-state index in [1.54, 1.807) is 24.3 Å². The maximum absolute atomic E-state index is 12.8. The number of benzene rings is 1. The first-order valence-electron chi connectivity index (χ1n) is 5.44. The average molecular weight is 339 g/mol. The maximum atomic E-state index is 12.8. The molecule has 4 nitrogen and oxygen atoms in total. The Morgan fingerprint density at radius 3 is 2.43 bits per heavy atom. The van der Waals surface area contributed by atoms with E-state index in [2.05, 4.69) is 4.98 Å². The SMILES string of the molecule is Cl.NCc1ccccc1-c1nc(C(F)(F)F)c(C(=O)O)s1. The van der Waals surface area contributed by atoms with Crippen molar-refractivity contribution in [2.24, 2.45) is 5.73 Å². The molecule has 0 bridgehead atoms. The van der Waals surface area contributed by atoms with Gasteiger partial charge in [0, 0.05) is 12.1 Å². The van der Waals surface area contributed by atoms with Gasteiger partial charge in [-0.15, -0.1) is 23.7 Å². The summed E-state index contributed by atoms with van der Waals surface area (Å²) in [7, 11) is 0. The molecule has 0 atom stereocenters. The van der Waals surface area contributed by atoms with Crippen LogP contribution in [0.1, 0.15) is 20.9 Å². The second-order valence-electron chi connectivity index (χ2n) is 3.86. The summed E-state index contributed by atoms with van der Waals surface area (Å²) in [5, 5.41) is 8.86. The Labute approximate surface area is 127 Å². The first-order valence-corrected chi connectivity index (χ1v) is 6.26. The molecule has 21 heavy (non-hydrogen) atoms. The van der Waals surface area contributed by atoms with Gasteiger partial charge in [0.2, 0.25) is 0 Å². The van der Waals surface area contributed by atoms with Gasteiger partial charge < -0.3 is 10.8 Å². The molecular weight excluding hydrogens is 329 g/mol. The fourth-order valence-corrected chi connectivity index (χ4v) is 2.66.